The van der Waals surface area contributed by atoms with E-state index in [2.05, 4.69) is 10.6 Å². The zero-order chi connectivity index (χ0) is 42.0. The Morgan fingerprint density at radius 3 is 2.14 bits per heavy atom. The number of amides is 2. The van der Waals surface area contributed by atoms with Gasteiger partial charge >= 0.3 is 0 Å². The van der Waals surface area contributed by atoms with Gasteiger partial charge in [0, 0.05) is 59.9 Å². The zero-order valence-electron chi connectivity index (χ0n) is 33.3. The van der Waals surface area contributed by atoms with Crippen LogP contribution in [-0.4, -0.2) is 80.2 Å². The molecule has 0 aromatic heterocycles. The van der Waals surface area contributed by atoms with Crippen LogP contribution in [0.4, 0.5) is 0 Å². The molecule has 2 aliphatic heterocycles. The summed E-state index contributed by atoms with van der Waals surface area (Å²) in [6.07, 6.45) is 11.1. The number of aromatic hydroxyl groups is 1. The average molecular weight is 771 g/mol. The Balaban J connectivity index is 2.17. The van der Waals surface area contributed by atoms with Crippen LogP contribution in [0.5, 0.6) is 5.75 Å². The maximum absolute atomic E-state index is 14.3. The molecule has 3 aliphatic rings. The summed E-state index contributed by atoms with van der Waals surface area (Å²) in [4.78, 5) is 80.4. The molecule has 2 heterocycles. The number of rotatable bonds is 3. The zero-order valence-corrected chi connectivity index (χ0v) is 33.3. The van der Waals surface area contributed by atoms with Gasteiger partial charge in [0.1, 0.15) is 5.75 Å². The Morgan fingerprint density at radius 1 is 0.804 bits per heavy atom. The molecule has 1 aromatic carbocycles. The lowest BCUT2D eigenvalue weighted by Gasteiger charge is -2.25. The van der Waals surface area contributed by atoms with E-state index in [0.717, 1.165) is 0 Å². The van der Waals surface area contributed by atoms with Crippen molar-refractivity contribution in [3.8, 4) is 5.75 Å². The summed E-state index contributed by atoms with van der Waals surface area (Å²) in [6, 6.07) is 1.29. The largest absolute Gasteiger partial charge is 0.507 e. The number of phenols is 1. The normalized spacial score (nSPS) is 29.7. The summed E-state index contributed by atoms with van der Waals surface area (Å²) >= 11 is 0. The van der Waals surface area contributed by atoms with Gasteiger partial charge in [-0.05, 0) is 63.3 Å². The van der Waals surface area contributed by atoms with Crippen LogP contribution >= 0.6 is 0 Å². The van der Waals surface area contributed by atoms with E-state index in [1.54, 1.807) is 64.2 Å². The van der Waals surface area contributed by atoms with Crippen molar-refractivity contribution in [3.63, 3.8) is 0 Å². The molecule has 0 saturated carbocycles. The minimum absolute atomic E-state index is 0.0706. The summed E-state index contributed by atoms with van der Waals surface area (Å²) in [5, 5.41) is 48.7. The molecule has 0 spiro atoms. The van der Waals surface area contributed by atoms with Crippen LogP contribution in [0.2, 0.25) is 0 Å². The fourth-order valence-corrected chi connectivity index (χ4v) is 6.32. The second kappa shape index (κ2) is 20.0. The van der Waals surface area contributed by atoms with Gasteiger partial charge in [0.2, 0.25) is 11.7 Å². The van der Waals surface area contributed by atoms with Crippen molar-refractivity contribution in [1.82, 2.24) is 10.6 Å². The third-order valence-corrected chi connectivity index (χ3v) is 10.0. The number of fused-ring (bicyclic) bond motifs is 18. The summed E-state index contributed by atoms with van der Waals surface area (Å²) in [6.45, 7) is 12.4. The maximum Gasteiger partial charge on any atom is 0.251 e. The molecule has 1 aromatic rings. The first kappa shape index (κ1) is 45.1. The highest BCUT2D eigenvalue weighted by molar-refractivity contribution is 6.32. The van der Waals surface area contributed by atoms with E-state index in [1.165, 1.54) is 52.0 Å². The standard InChI is InChI=1S/C44H54N2O10/c1-23-12-10-9-11-13-26(4)44(56)46-38-32(18-19-45-30(8)47)42(54)36-33(43(38)55)21-29(7)41(53)37(36)40(52)28(6)20-27(5)39(51)25(3)15-17-31(48)16-14-24(2)35(50)22-34(23)49/h9-15,17,20-21,23,25,27,31,34,39,48-49,51,53H,16,18-19,22H2,1-8H3,(H,45,47)(H,46,56)/b11-9-,12-10+,17-15+,24-14+,26-13-,28-20+/t23-,25-,27-,31-,34-,39-/m0/s1. The Bertz CT molecular complexity index is 1980. The van der Waals surface area contributed by atoms with E-state index in [1.807, 2.05) is 0 Å². The van der Waals surface area contributed by atoms with Crippen LogP contribution in [0, 0.1) is 24.7 Å². The minimum atomic E-state index is -1.03. The number of allylic oxidation sites excluding steroid dienone is 7. The van der Waals surface area contributed by atoms with Gasteiger partial charge in [-0.2, -0.15) is 0 Å². The number of aryl methyl sites for hydroxylation is 1. The van der Waals surface area contributed by atoms with Crippen molar-refractivity contribution < 1.29 is 49.2 Å². The van der Waals surface area contributed by atoms with Crippen molar-refractivity contribution in [2.45, 2.75) is 93.0 Å². The van der Waals surface area contributed by atoms with Gasteiger partial charge < -0.3 is 31.1 Å². The Kier molecular flexibility index (Phi) is 16.1. The fraction of sp³-hybridized carbons (Fsp3) is 0.409. The molecule has 56 heavy (non-hydrogen) atoms. The van der Waals surface area contributed by atoms with Gasteiger partial charge in [-0.1, -0.05) is 75.5 Å². The van der Waals surface area contributed by atoms with E-state index in [9.17, 15) is 49.2 Å². The first-order valence-electron chi connectivity index (χ1n) is 18.7. The van der Waals surface area contributed by atoms with Crippen LogP contribution in [0.3, 0.4) is 0 Å². The summed E-state index contributed by atoms with van der Waals surface area (Å²) in [7, 11) is 0. The number of nitrogens with one attached hydrogen (secondary N) is 2. The molecule has 6 N–H and O–H groups in total. The molecule has 12 nitrogen and oxygen atoms in total. The number of phenolic OH excluding ortho intramolecular Hbond substituents is 1. The molecule has 0 unspecified atom stereocenters. The minimum Gasteiger partial charge on any atom is -0.507 e. The number of benzene rings is 1. The number of Topliss-reactive ketones (excluding diaryl/α,β-unsaturated/α-hetero) is 4. The molecular weight excluding hydrogens is 716 g/mol. The Labute approximate surface area is 328 Å². The quantitative estimate of drug-likeness (QED) is 0.226. The summed E-state index contributed by atoms with van der Waals surface area (Å²) in [5.74, 6) is -5.68. The predicted octanol–water partition coefficient (Wildman–Crippen LogP) is 5.02. The van der Waals surface area contributed by atoms with Crippen molar-refractivity contribution in [2.75, 3.05) is 6.54 Å². The lowest BCUT2D eigenvalue weighted by Crippen LogP contribution is -2.36. The highest BCUT2D eigenvalue weighted by Gasteiger charge is 2.38. The van der Waals surface area contributed by atoms with Gasteiger partial charge in [0.25, 0.3) is 5.91 Å². The third kappa shape index (κ3) is 11.4. The molecular formula is C44H54N2O10. The number of carbonyl (C=O) groups excluding carboxylic acids is 6. The lowest BCUT2D eigenvalue weighted by atomic mass is 9.79. The van der Waals surface area contributed by atoms with Gasteiger partial charge in [-0.15, -0.1) is 0 Å². The molecule has 4 bridgehead atoms. The van der Waals surface area contributed by atoms with E-state index < -0.39 is 76.5 Å². The highest BCUT2D eigenvalue weighted by Crippen LogP contribution is 2.37. The summed E-state index contributed by atoms with van der Waals surface area (Å²) in [5.41, 5.74) is -0.621. The average Bonchev–Trinajstić information content (AvgIpc) is 3.14. The van der Waals surface area contributed by atoms with Crippen molar-refractivity contribution >= 4 is 34.9 Å². The molecule has 4 rings (SSSR count). The molecule has 6 atom stereocenters. The number of aliphatic hydroxyl groups excluding tert-OH is 3. The molecule has 0 fully saturated rings. The number of ketones is 4. The van der Waals surface area contributed by atoms with Gasteiger partial charge in [-0.3, -0.25) is 28.8 Å². The van der Waals surface area contributed by atoms with E-state index in [0.29, 0.717) is 5.57 Å². The van der Waals surface area contributed by atoms with Crippen LogP contribution < -0.4 is 10.6 Å². The number of hydrogen-bond donors (Lipinski definition) is 6. The Hall–Kier alpha value is -5.30. The molecule has 12 heteroatoms. The van der Waals surface area contributed by atoms with Crippen LogP contribution in [0.25, 0.3) is 0 Å². The van der Waals surface area contributed by atoms with Crippen molar-refractivity contribution in [2.24, 2.45) is 17.8 Å². The predicted molar refractivity (Wildman–Crippen MR) is 213 cm³/mol. The second-order valence-corrected chi connectivity index (χ2v) is 14.7. The molecule has 0 radical (unpaired) electrons. The number of aliphatic hydroxyl groups is 3. The lowest BCUT2D eigenvalue weighted by molar-refractivity contribution is -0.119. The van der Waals surface area contributed by atoms with Gasteiger partial charge in [-0.25, -0.2) is 0 Å². The maximum atomic E-state index is 14.3. The second-order valence-electron chi connectivity index (χ2n) is 14.7. The molecule has 2 amide bonds. The topological polar surface area (TPSA) is 207 Å². The fourth-order valence-electron chi connectivity index (χ4n) is 6.32. The molecule has 1 aliphatic carbocycles. The monoisotopic (exact) mass is 770 g/mol. The number of carbonyl (C=O) groups is 6. The SMILES string of the molecule is CC(=O)NCCC1=C2NC(=O)\C(C)=C/C=C\C=C\[C@H](C)[C@@H](O)CC(=O)/C(C)=C/C[C@H](O)/C=C/[C@H](C)[C@H](O)[C@@H](C)/C=C(\C)C(=O)c3c(O)c(C)cc(c3C1=O)C2=O. The molecule has 300 valence electrons. The van der Waals surface area contributed by atoms with Gasteiger partial charge in [0.05, 0.1) is 29.6 Å². The van der Waals surface area contributed by atoms with Crippen molar-refractivity contribution in [1.29, 1.82) is 0 Å². The van der Waals surface area contributed by atoms with Crippen LogP contribution in [0.1, 0.15) is 104 Å². The first-order chi connectivity index (χ1) is 26.3. The van der Waals surface area contributed by atoms with Crippen molar-refractivity contribution in [3.05, 3.63) is 111 Å². The third-order valence-electron chi connectivity index (χ3n) is 10.0. The Morgan fingerprint density at radius 2 is 1.48 bits per heavy atom. The number of hydrogen-bond acceptors (Lipinski definition) is 10. The smallest absolute Gasteiger partial charge is 0.251 e. The van der Waals surface area contributed by atoms with Crippen LogP contribution in [0.15, 0.2) is 88.7 Å². The highest BCUT2D eigenvalue weighted by atomic mass is 16.3. The molecule has 0 saturated heterocycles. The van der Waals surface area contributed by atoms with E-state index in [-0.39, 0.29) is 70.7 Å². The first-order valence-corrected chi connectivity index (χ1v) is 18.7. The van der Waals surface area contributed by atoms with E-state index >= 15 is 0 Å². The van der Waals surface area contributed by atoms with E-state index in [4.69, 9.17) is 0 Å². The summed E-state index contributed by atoms with van der Waals surface area (Å²) < 4.78 is 0. The van der Waals surface area contributed by atoms with Gasteiger partial charge in [0.15, 0.2) is 17.3 Å². The van der Waals surface area contributed by atoms with Crippen LogP contribution in [-0.2, 0) is 14.4 Å².